The van der Waals surface area contributed by atoms with E-state index in [1.165, 1.54) is 270 Å². The second-order valence-electron chi connectivity index (χ2n) is 22.4. The summed E-state index contributed by atoms with van der Waals surface area (Å²) < 4.78 is 5.48. The fraction of sp³-hybridized carbons (Fsp3) is 0.853. The maximum absolute atomic E-state index is 12.5. The molecule has 6 nitrogen and oxygen atoms in total. The third kappa shape index (κ3) is 59.1. The van der Waals surface area contributed by atoms with Crippen LogP contribution >= 0.6 is 0 Å². The van der Waals surface area contributed by atoms with Crippen molar-refractivity contribution in [3.8, 4) is 0 Å². The number of aliphatic hydroxyl groups excluding tert-OH is 2. The zero-order valence-electron chi connectivity index (χ0n) is 49.6. The molecule has 3 N–H and O–H groups in total. The zero-order valence-corrected chi connectivity index (χ0v) is 49.6. The summed E-state index contributed by atoms with van der Waals surface area (Å²) in [7, 11) is 0. The first-order valence-electron chi connectivity index (χ1n) is 32.9. The van der Waals surface area contributed by atoms with Crippen LogP contribution in [0.15, 0.2) is 48.6 Å². The van der Waals surface area contributed by atoms with Gasteiger partial charge in [-0.05, 0) is 89.9 Å². The average molecular weight is 1040 g/mol. The number of nitrogens with one attached hydrogen (secondary N) is 1. The fourth-order valence-electron chi connectivity index (χ4n) is 10.0. The number of hydrogen-bond acceptors (Lipinski definition) is 5. The molecule has 74 heavy (non-hydrogen) atoms. The average Bonchev–Trinajstić information content (AvgIpc) is 3.40. The van der Waals surface area contributed by atoms with Crippen LogP contribution in [0, 0.1) is 0 Å². The van der Waals surface area contributed by atoms with E-state index in [1.807, 2.05) is 6.08 Å². The first-order valence-corrected chi connectivity index (χ1v) is 32.9. The van der Waals surface area contributed by atoms with Gasteiger partial charge in [-0.2, -0.15) is 0 Å². The van der Waals surface area contributed by atoms with E-state index in [-0.39, 0.29) is 18.5 Å². The van der Waals surface area contributed by atoms with Crippen LogP contribution in [0.5, 0.6) is 0 Å². The lowest BCUT2D eigenvalue weighted by molar-refractivity contribution is -0.143. The summed E-state index contributed by atoms with van der Waals surface area (Å²) in [5, 5.41) is 23.1. The van der Waals surface area contributed by atoms with Crippen LogP contribution < -0.4 is 5.32 Å². The minimum atomic E-state index is -0.844. The van der Waals surface area contributed by atoms with Gasteiger partial charge in [-0.15, -0.1) is 0 Å². The van der Waals surface area contributed by atoms with Crippen molar-refractivity contribution >= 4 is 11.9 Å². The Morgan fingerprint density at radius 2 is 0.676 bits per heavy atom. The highest BCUT2D eigenvalue weighted by Gasteiger charge is 2.18. The number of hydrogen-bond donors (Lipinski definition) is 3. The van der Waals surface area contributed by atoms with Gasteiger partial charge in [-0.3, -0.25) is 9.59 Å². The van der Waals surface area contributed by atoms with E-state index in [0.29, 0.717) is 19.4 Å². The van der Waals surface area contributed by atoms with Gasteiger partial charge < -0.3 is 20.3 Å². The Kier molecular flexibility index (Phi) is 61.5. The van der Waals surface area contributed by atoms with Crippen LogP contribution in [0.3, 0.4) is 0 Å². The molecule has 0 radical (unpaired) electrons. The number of amides is 1. The molecule has 2 atom stereocenters. The van der Waals surface area contributed by atoms with Crippen LogP contribution in [-0.4, -0.2) is 47.4 Å². The number of aliphatic hydroxyl groups is 2. The summed E-state index contributed by atoms with van der Waals surface area (Å²) in [6.07, 6.45) is 81.7. The molecular weight excluding hydrogens is 911 g/mol. The van der Waals surface area contributed by atoms with Crippen molar-refractivity contribution < 1.29 is 24.5 Å². The van der Waals surface area contributed by atoms with E-state index in [2.05, 4.69) is 55.6 Å². The van der Waals surface area contributed by atoms with Gasteiger partial charge >= 0.3 is 5.97 Å². The first-order chi connectivity index (χ1) is 36.5. The maximum Gasteiger partial charge on any atom is 0.305 e. The van der Waals surface area contributed by atoms with Gasteiger partial charge in [-0.1, -0.05) is 294 Å². The summed E-state index contributed by atoms with van der Waals surface area (Å²) in [5.41, 5.74) is 0. The summed E-state index contributed by atoms with van der Waals surface area (Å²) >= 11 is 0. The number of carbonyl (C=O) groups excluding carboxylic acids is 2. The predicted octanol–water partition coefficient (Wildman–Crippen LogP) is 20.9. The molecule has 1 amide bonds. The van der Waals surface area contributed by atoms with E-state index >= 15 is 0 Å². The molecule has 0 saturated heterocycles. The second kappa shape index (κ2) is 63.4. The molecule has 2 unspecified atom stereocenters. The van der Waals surface area contributed by atoms with Crippen molar-refractivity contribution in [1.29, 1.82) is 0 Å². The Hall–Kier alpha value is -2.18. The highest BCUT2D eigenvalue weighted by molar-refractivity contribution is 5.76. The van der Waals surface area contributed by atoms with Crippen LogP contribution in [0.25, 0.3) is 0 Å². The second-order valence-corrected chi connectivity index (χ2v) is 22.4. The van der Waals surface area contributed by atoms with Gasteiger partial charge in [0.1, 0.15) is 0 Å². The molecule has 0 heterocycles. The van der Waals surface area contributed by atoms with Crippen molar-refractivity contribution in [2.75, 3.05) is 13.2 Å². The van der Waals surface area contributed by atoms with Gasteiger partial charge in [0.2, 0.25) is 5.91 Å². The molecule has 0 bridgehead atoms. The first kappa shape index (κ1) is 71.8. The number of esters is 1. The lowest BCUT2D eigenvalue weighted by Crippen LogP contribution is -2.45. The summed E-state index contributed by atoms with van der Waals surface area (Å²) in [6, 6.07) is -0.628. The van der Waals surface area contributed by atoms with E-state index in [0.717, 1.165) is 51.4 Å². The van der Waals surface area contributed by atoms with E-state index in [9.17, 15) is 19.8 Å². The predicted molar refractivity (Wildman–Crippen MR) is 324 cm³/mol. The molecule has 0 fully saturated rings. The Morgan fingerprint density at radius 1 is 0.378 bits per heavy atom. The third-order valence-corrected chi connectivity index (χ3v) is 15.1. The highest BCUT2D eigenvalue weighted by atomic mass is 16.5. The molecule has 0 spiro atoms. The summed E-state index contributed by atoms with van der Waals surface area (Å²) in [4.78, 5) is 24.5. The Bertz CT molecular complexity index is 1240. The molecule has 0 aliphatic heterocycles. The highest BCUT2D eigenvalue weighted by Crippen LogP contribution is 2.17. The summed E-state index contributed by atoms with van der Waals surface area (Å²) in [6.45, 7) is 4.88. The van der Waals surface area contributed by atoms with Gasteiger partial charge in [0.15, 0.2) is 0 Å². The molecule has 0 aliphatic carbocycles. The summed E-state index contributed by atoms with van der Waals surface area (Å²) in [5.74, 6) is -0.0660. The number of rotatable bonds is 61. The van der Waals surface area contributed by atoms with Crippen LogP contribution in [0.4, 0.5) is 0 Å². The zero-order chi connectivity index (χ0) is 53.6. The maximum atomic E-state index is 12.5. The fourth-order valence-corrected chi connectivity index (χ4v) is 10.0. The van der Waals surface area contributed by atoms with Gasteiger partial charge in [0.05, 0.1) is 25.4 Å². The van der Waals surface area contributed by atoms with Crippen molar-refractivity contribution in [3.05, 3.63) is 48.6 Å². The topological polar surface area (TPSA) is 95.9 Å². The SMILES string of the molecule is CCCCC/C=C\C/C=C\CCCCCCCC(=O)OCCCCCCCCCCCCCC/C=C\CCCCCCCCCCCCCCC(=O)NC(CO)C(O)/C=C/CCCCCCCCCCCCCC. The lowest BCUT2D eigenvalue weighted by Gasteiger charge is -2.20. The molecule has 0 rings (SSSR count). The van der Waals surface area contributed by atoms with Crippen molar-refractivity contribution in [1.82, 2.24) is 5.32 Å². The molecular formula is C68H127NO5. The van der Waals surface area contributed by atoms with Gasteiger partial charge in [-0.25, -0.2) is 0 Å². The molecule has 0 aromatic rings. The molecule has 6 heteroatoms. The minimum Gasteiger partial charge on any atom is -0.466 e. The smallest absolute Gasteiger partial charge is 0.305 e. The number of carbonyl (C=O) groups is 2. The Balaban J connectivity index is 3.40. The van der Waals surface area contributed by atoms with Crippen LogP contribution in [0.2, 0.25) is 0 Å². The normalized spacial score (nSPS) is 12.9. The third-order valence-electron chi connectivity index (χ3n) is 15.1. The van der Waals surface area contributed by atoms with E-state index in [4.69, 9.17) is 4.74 Å². The van der Waals surface area contributed by atoms with Crippen molar-refractivity contribution in [2.45, 2.75) is 360 Å². The van der Waals surface area contributed by atoms with E-state index < -0.39 is 12.1 Å². The Labute approximate surface area is 461 Å². The number of unbranched alkanes of at least 4 members (excludes halogenated alkanes) is 44. The minimum absolute atomic E-state index is 0.00124. The van der Waals surface area contributed by atoms with Crippen LogP contribution in [0.1, 0.15) is 348 Å². The van der Waals surface area contributed by atoms with Gasteiger partial charge in [0.25, 0.3) is 0 Å². The quantitative estimate of drug-likeness (QED) is 0.0320. The number of ether oxygens (including phenoxy) is 1. The molecule has 0 aliphatic rings. The Morgan fingerprint density at radius 3 is 1.07 bits per heavy atom. The molecule has 0 aromatic heterocycles. The van der Waals surface area contributed by atoms with Crippen molar-refractivity contribution in [3.63, 3.8) is 0 Å². The lowest BCUT2D eigenvalue weighted by atomic mass is 10.0. The monoisotopic (exact) mass is 1040 g/mol. The van der Waals surface area contributed by atoms with E-state index in [1.54, 1.807) is 6.08 Å². The standard InChI is InChI=1S/C68H127NO5/c1-3-5-7-9-11-13-15-17-33-38-42-46-50-54-58-62-68(73)74-63-59-55-51-47-43-39-35-32-30-28-26-24-22-20-19-21-23-25-27-29-31-34-37-41-45-49-53-57-61-67(72)69-65(64-70)66(71)60-56-52-48-44-40-36-18-16-14-12-10-8-6-4-2/h11,13,17,19-20,33,56,60,65-66,70-71H,3-10,12,14-16,18,21-32,34-55,57-59,61-64H2,1-2H3,(H,69,72)/b13-11-,20-19-,33-17-,60-56+. The molecule has 0 aromatic carbocycles. The number of allylic oxidation sites excluding steroid dienone is 7. The van der Waals surface area contributed by atoms with Crippen molar-refractivity contribution in [2.24, 2.45) is 0 Å². The van der Waals surface area contributed by atoms with Gasteiger partial charge in [0, 0.05) is 12.8 Å². The molecule has 434 valence electrons. The van der Waals surface area contributed by atoms with Crippen LogP contribution in [-0.2, 0) is 14.3 Å². The molecule has 0 saturated carbocycles. The largest absolute Gasteiger partial charge is 0.466 e.